The molecule has 5 nitrogen and oxygen atoms in total. The van der Waals surface area contributed by atoms with E-state index < -0.39 is 23.6 Å². The number of amides is 1. The summed E-state index contributed by atoms with van der Waals surface area (Å²) in [7, 11) is 5.69. The highest BCUT2D eigenvalue weighted by Gasteiger charge is 2.48. The van der Waals surface area contributed by atoms with Gasteiger partial charge in [-0.05, 0) is 43.2 Å². The molecule has 31 heavy (non-hydrogen) atoms. The van der Waals surface area contributed by atoms with E-state index in [0.717, 1.165) is 37.0 Å². The lowest BCUT2D eigenvalue weighted by molar-refractivity contribution is -0.129. The van der Waals surface area contributed by atoms with Crippen LogP contribution in [-0.4, -0.2) is 33.9 Å². The van der Waals surface area contributed by atoms with Gasteiger partial charge in [-0.2, -0.15) is 0 Å². The number of nitrogens with one attached hydrogen (secondary N) is 1. The molecule has 2 aromatic carbocycles. The maximum Gasteiger partial charge on any atom is 0.232 e. The fourth-order valence-corrected chi connectivity index (χ4v) is 5.11. The van der Waals surface area contributed by atoms with Gasteiger partial charge in [0.05, 0.1) is 29.3 Å². The number of carbonyl (C=O) groups is 1. The zero-order valence-electron chi connectivity index (χ0n) is 17.1. The number of aromatic nitrogens is 2. The van der Waals surface area contributed by atoms with Crippen LogP contribution in [0.4, 0.5) is 20.2 Å². The zero-order chi connectivity index (χ0) is 21.9. The van der Waals surface area contributed by atoms with Gasteiger partial charge in [-0.25, -0.2) is 13.8 Å². The number of hydrogen-bond acceptors (Lipinski definition) is 3. The molecule has 2 aliphatic rings. The van der Waals surface area contributed by atoms with E-state index in [1.165, 1.54) is 17.0 Å². The van der Waals surface area contributed by atoms with Crippen LogP contribution >= 0.6 is 18.5 Å². The second kappa shape index (κ2) is 7.50. The van der Waals surface area contributed by atoms with Crippen LogP contribution in [0.5, 0.6) is 0 Å². The summed E-state index contributed by atoms with van der Waals surface area (Å²) in [4.78, 5) is 23.4. The van der Waals surface area contributed by atoms with Gasteiger partial charge in [0.25, 0.3) is 0 Å². The summed E-state index contributed by atoms with van der Waals surface area (Å²) in [6, 6.07) is 7.46. The topological polar surface area (TPSA) is 52.2 Å². The molecule has 162 valence electrons. The third-order valence-corrected chi connectivity index (χ3v) is 7.63. The van der Waals surface area contributed by atoms with Gasteiger partial charge in [0, 0.05) is 34.9 Å². The van der Waals surface area contributed by atoms with Crippen molar-refractivity contribution in [3.8, 4) is 0 Å². The molecule has 0 bridgehead atoms. The number of rotatable bonds is 3. The minimum atomic E-state index is -0.685. The monoisotopic (exact) mass is 460 g/mol. The number of benzene rings is 2. The Morgan fingerprint density at radius 2 is 1.77 bits per heavy atom. The second-order valence-electron chi connectivity index (χ2n) is 8.59. The number of nitrogens with zero attached hydrogens (tertiary/aromatic N) is 3. The van der Waals surface area contributed by atoms with Crippen molar-refractivity contribution in [1.29, 1.82) is 0 Å². The Kier molecular flexibility index (Phi) is 5.02. The number of fused-ring (bicyclic) bond motifs is 1. The van der Waals surface area contributed by atoms with E-state index in [2.05, 4.69) is 28.4 Å². The normalized spacial score (nSPS) is 23.3. The predicted octanol–water partition coefficient (Wildman–Crippen LogP) is 4.61. The molecule has 3 aromatic rings. The number of anilines is 2. The van der Waals surface area contributed by atoms with Crippen LogP contribution in [0, 0.1) is 17.6 Å². The predicted molar refractivity (Wildman–Crippen MR) is 125 cm³/mol. The lowest BCUT2D eigenvalue weighted by Gasteiger charge is -2.46. The molecule has 0 saturated carbocycles. The highest BCUT2D eigenvalue weighted by Crippen LogP contribution is 2.46. The van der Waals surface area contributed by atoms with Crippen LogP contribution in [0.3, 0.4) is 0 Å². The Morgan fingerprint density at radius 3 is 2.45 bits per heavy atom. The number of β-lactam (4-membered cyclic amide) rings is 1. The highest BCUT2D eigenvalue weighted by molar-refractivity contribution is 7.39. The first kappa shape index (κ1) is 20.8. The summed E-state index contributed by atoms with van der Waals surface area (Å²) in [6.07, 6.45) is 3.39. The van der Waals surface area contributed by atoms with E-state index in [4.69, 9.17) is 0 Å². The summed E-state index contributed by atoms with van der Waals surface area (Å²) in [5.41, 5.74) is 2.63. The minimum Gasteiger partial charge on any atom is -0.371 e. The van der Waals surface area contributed by atoms with Gasteiger partial charge in [-0.1, -0.05) is 6.92 Å². The number of hydrogen-bond donors (Lipinski definition) is 1. The van der Waals surface area contributed by atoms with Gasteiger partial charge >= 0.3 is 0 Å². The molecule has 0 spiro atoms. The van der Waals surface area contributed by atoms with E-state index in [1.807, 2.05) is 4.90 Å². The SMILES string of the molecule is C[C@H]1C(=O)N(c2ccc3nc[nH]c3c2)[C@H]1c1c(F)cc(N2CCC(P)(P)CC2)cc1F. The summed E-state index contributed by atoms with van der Waals surface area (Å²) in [5.74, 6) is -1.88. The standard InChI is InChI=1S/C22H24F2N4OP2/c1-12-20(28(21(12)29)13-2-3-17-18(10-13)26-11-25-17)19-15(23)8-14(9-16(19)24)27-6-4-22(30,31)5-7-27/h2-3,8-12,20H,4-7,30-31H2,1H3,(H,25,26)/t12-,20-/m1/s1. The van der Waals surface area contributed by atoms with E-state index in [1.54, 1.807) is 31.5 Å². The number of H-pyrrole nitrogens is 1. The fourth-order valence-electron chi connectivity index (χ4n) is 4.59. The number of halogens is 2. The zero-order valence-corrected chi connectivity index (χ0v) is 19.4. The molecule has 0 aliphatic carbocycles. The van der Waals surface area contributed by atoms with Crippen molar-refractivity contribution < 1.29 is 13.6 Å². The largest absolute Gasteiger partial charge is 0.371 e. The quantitative estimate of drug-likeness (QED) is 0.459. The molecule has 1 aromatic heterocycles. The highest BCUT2D eigenvalue weighted by atomic mass is 31.1. The summed E-state index contributed by atoms with van der Waals surface area (Å²) in [6.45, 7) is 3.19. The maximum absolute atomic E-state index is 15.3. The molecule has 1 N–H and O–H groups in total. The average Bonchev–Trinajstić information content (AvgIpc) is 3.20. The molecule has 5 rings (SSSR count). The van der Waals surface area contributed by atoms with Gasteiger partial charge in [0.1, 0.15) is 11.6 Å². The molecule has 2 aliphatic heterocycles. The lowest BCUT2D eigenvalue weighted by atomic mass is 9.82. The Labute approximate surface area is 184 Å². The molecule has 0 radical (unpaired) electrons. The fraction of sp³-hybridized carbons (Fsp3) is 0.364. The first-order valence-corrected chi connectivity index (χ1v) is 11.5. The molecule has 4 atom stereocenters. The molecule has 2 fully saturated rings. The van der Waals surface area contributed by atoms with Gasteiger partial charge in [-0.3, -0.25) is 4.79 Å². The number of piperidine rings is 1. The minimum absolute atomic E-state index is 0.0518. The van der Waals surface area contributed by atoms with Crippen molar-refractivity contribution in [3.63, 3.8) is 0 Å². The first-order valence-electron chi connectivity index (χ1n) is 10.3. The summed E-state index contributed by atoms with van der Waals surface area (Å²) >= 11 is 0. The van der Waals surface area contributed by atoms with E-state index >= 15 is 8.78 Å². The number of carbonyl (C=O) groups excluding carboxylic acids is 1. The Morgan fingerprint density at radius 1 is 1.10 bits per heavy atom. The van der Waals surface area contributed by atoms with E-state index in [9.17, 15) is 4.79 Å². The van der Waals surface area contributed by atoms with Crippen LogP contribution in [0.15, 0.2) is 36.7 Å². The van der Waals surface area contributed by atoms with Crippen LogP contribution < -0.4 is 9.80 Å². The Hall–Kier alpha value is -2.10. The van der Waals surface area contributed by atoms with Gasteiger partial charge in [0.2, 0.25) is 5.91 Å². The van der Waals surface area contributed by atoms with Crippen molar-refractivity contribution in [2.45, 2.75) is 30.7 Å². The molecule has 1 amide bonds. The average molecular weight is 460 g/mol. The summed E-state index contributed by atoms with van der Waals surface area (Å²) in [5, 5.41) is 0. The molecular weight excluding hydrogens is 436 g/mol. The Balaban J connectivity index is 1.47. The third-order valence-electron chi connectivity index (χ3n) is 6.48. The molecular formula is C22H24F2N4OP2. The van der Waals surface area contributed by atoms with E-state index in [-0.39, 0.29) is 16.4 Å². The van der Waals surface area contributed by atoms with Crippen molar-refractivity contribution in [3.05, 3.63) is 53.9 Å². The van der Waals surface area contributed by atoms with Gasteiger partial charge in [-0.15, -0.1) is 18.5 Å². The van der Waals surface area contributed by atoms with Crippen LogP contribution in [0.25, 0.3) is 11.0 Å². The third kappa shape index (κ3) is 3.52. The van der Waals surface area contributed by atoms with Crippen molar-refractivity contribution in [2.75, 3.05) is 22.9 Å². The first-order chi connectivity index (χ1) is 14.7. The van der Waals surface area contributed by atoms with Crippen LogP contribution in [0.1, 0.15) is 31.4 Å². The molecule has 3 heterocycles. The van der Waals surface area contributed by atoms with Crippen molar-refractivity contribution in [2.24, 2.45) is 5.92 Å². The van der Waals surface area contributed by atoms with Crippen LogP contribution in [0.2, 0.25) is 0 Å². The van der Waals surface area contributed by atoms with Crippen molar-refractivity contribution >= 4 is 46.8 Å². The number of imidazole rings is 1. The smallest absolute Gasteiger partial charge is 0.232 e. The number of aromatic amines is 1. The second-order valence-corrected chi connectivity index (χ2v) is 11.6. The molecule has 9 heteroatoms. The molecule has 2 saturated heterocycles. The maximum atomic E-state index is 15.3. The van der Waals surface area contributed by atoms with Gasteiger partial charge in [0.15, 0.2) is 0 Å². The molecule has 2 unspecified atom stereocenters. The lowest BCUT2D eigenvalue weighted by Crippen LogP contribution is -2.54. The van der Waals surface area contributed by atoms with E-state index in [0.29, 0.717) is 11.4 Å². The summed E-state index contributed by atoms with van der Waals surface area (Å²) < 4.78 is 30.5. The van der Waals surface area contributed by atoms with Crippen LogP contribution in [-0.2, 0) is 4.79 Å². The van der Waals surface area contributed by atoms with Crippen molar-refractivity contribution in [1.82, 2.24) is 9.97 Å². The Bertz CT molecular complexity index is 1150. The van der Waals surface area contributed by atoms with Gasteiger partial charge < -0.3 is 14.8 Å².